The summed E-state index contributed by atoms with van der Waals surface area (Å²) in [6.07, 6.45) is 1.63. The zero-order valence-electron chi connectivity index (χ0n) is 16.6. The van der Waals surface area contributed by atoms with Crippen LogP contribution in [0.15, 0.2) is 12.7 Å². The molecule has 0 saturated carbocycles. The molecule has 3 unspecified atom stereocenters. The van der Waals surface area contributed by atoms with Crippen molar-refractivity contribution in [2.24, 2.45) is 0 Å². The molecule has 0 aromatic carbocycles. The van der Waals surface area contributed by atoms with E-state index in [1.165, 1.54) is 17.1 Å². The van der Waals surface area contributed by atoms with Crippen LogP contribution in [0.5, 0.6) is 0 Å². The molecule has 3 atom stereocenters. The normalized spacial score (nSPS) is 15.6. The van der Waals surface area contributed by atoms with Crippen LogP contribution >= 0.6 is 0 Å². The van der Waals surface area contributed by atoms with Gasteiger partial charge in [-0.05, 0) is 26.8 Å². The van der Waals surface area contributed by atoms with E-state index in [-0.39, 0.29) is 31.3 Å². The molecule has 0 aliphatic rings. The fourth-order valence-corrected chi connectivity index (χ4v) is 4.23. The number of rotatable bonds is 16. The minimum Gasteiger partial charge on any atom is -0.377 e. The maximum Gasteiger partial charge on any atom is 0.290 e. The molecule has 0 radical (unpaired) electrons. The molecule has 11 nitrogen and oxygen atoms in total. The predicted octanol–water partition coefficient (Wildman–Crippen LogP) is -1.11. The second kappa shape index (κ2) is 13.2. The van der Waals surface area contributed by atoms with Crippen LogP contribution in [0.2, 0.25) is 0 Å². The fraction of sp³-hybridized carbons (Fsp3) is 0.800. The van der Waals surface area contributed by atoms with Crippen molar-refractivity contribution in [3.8, 4) is 0 Å². The molecule has 0 aromatic heterocycles. The van der Waals surface area contributed by atoms with Gasteiger partial charge in [0, 0.05) is 12.1 Å². The highest BCUT2D eigenvalue weighted by atomic mass is 32.3. The van der Waals surface area contributed by atoms with E-state index in [9.17, 15) is 21.6 Å². The minimum atomic E-state index is -4.18. The van der Waals surface area contributed by atoms with E-state index in [1.54, 1.807) is 13.8 Å². The monoisotopic (exact) mass is 445 g/mol. The average Bonchev–Trinajstić information content (AvgIpc) is 2.53. The van der Waals surface area contributed by atoms with Crippen LogP contribution in [0, 0.1) is 0 Å². The van der Waals surface area contributed by atoms with Crippen molar-refractivity contribution in [2.45, 2.75) is 39.0 Å². The smallest absolute Gasteiger partial charge is 0.290 e. The highest BCUT2D eigenvalue weighted by Crippen LogP contribution is 1.97. The molecular formula is C15H31N3O8S2. The van der Waals surface area contributed by atoms with Gasteiger partial charge in [-0.2, -0.15) is 13.1 Å². The van der Waals surface area contributed by atoms with Gasteiger partial charge >= 0.3 is 0 Å². The van der Waals surface area contributed by atoms with Gasteiger partial charge in [-0.3, -0.25) is 4.79 Å². The molecule has 28 heavy (non-hydrogen) atoms. The Morgan fingerprint density at radius 1 is 1.00 bits per heavy atom. The maximum absolute atomic E-state index is 11.6. The molecule has 0 fully saturated rings. The van der Waals surface area contributed by atoms with Crippen molar-refractivity contribution in [2.75, 3.05) is 39.3 Å². The summed E-state index contributed by atoms with van der Waals surface area (Å²) in [5, 5.41) is 2.67. The Kier molecular flexibility index (Phi) is 12.7. The first kappa shape index (κ1) is 26.9. The average molecular weight is 446 g/mol. The lowest BCUT2D eigenvalue weighted by Crippen LogP contribution is -2.45. The minimum absolute atomic E-state index is 0.0339. The second-order valence-corrected chi connectivity index (χ2v) is 9.74. The van der Waals surface area contributed by atoms with Crippen molar-refractivity contribution in [3.63, 3.8) is 0 Å². The van der Waals surface area contributed by atoms with Crippen molar-refractivity contribution >= 4 is 26.1 Å². The molecule has 3 N–H and O–H groups in total. The van der Waals surface area contributed by atoms with Crippen LogP contribution in [0.4, 0.5) is 0 Å². The summed E-state index contributed by atoms with van der Waals surface area (Å²) in [5.41, 5.74) is 0. The van der Waals surface area contributed by atoms with Crippen LogP contribution in [-0.2, 0) is 39.2 Å². The maximum atomic E-state index is 11.6. The van der Waals surface area contributed by atoms with E-state index in [0.29, 0.717) is 19.8 Å². The highest BCUT2D eigenvalue weighted by molar-refractivity contribution is 8.03. The van der Waals surface area contributed by atoms with Gasteiger partial charge in [0.25, 0.3) is 10.2 Å². The molecule has 166 valence electrons. The molecule has 1 amide bonds. The van der Waals surface area contributed by atoms with E-state index >= 15 is 0 Å². The van der Waals surface area contributed by atoms with E-state index < -0.39 is 26.3 Å². The standard InChI is InChI=1S/C15H31N3O8S2/c1-6-15(19)16-12(2)9-24-7-8-25-11-14(4)26-10-13(3)17-28(22,23)18-27(5,20)21/h6,12-14,17-18H,1,7-11H2,2-5H3,(H,16,19). The number of hydrogen-bond acceptors (Lipinski definition) is 8. The topological polar surface area (TPSA) is 149 Å². The summed E-state index contributed by atoms with van der Waals surface area (Å²) >= 11 is 0. The Bertz CT molecular complexity index is 681. The third-order valence-electron chi connectivity index (χ3n) is 2.91. The van der Waals surface area contributed by atoms with Crippen LogP contribution in [0.1, 0.15) is 20.8 Å². The molecule has 0 heterocycles. The summed E-state index contributed by atoms with van der Waals surface area (Å²) in [4.78, 5) is 11.1. The molecular weight excluding hydrogens is 414 g/mol. The first-order valence-electron chi connectivity index (χ1n) is 8.55. The SMILES string of the molecule is C=CC(=O)NC(C)COCCOCC(C)OCC(C)NS(=O)(=O)NS(C)(=O)=O. The number of carbonyl (C=O) groups is 1. The Labute approximate surface area is 167 Å². The summed E-state index contributed by atoms with van der Waals surface area (Å²) in [6.45, 7) is 9.78. The lowest BCUT2D eigenvalue weighted by atomic mass is 10.3. The molecule has 0 bridgehead atoms. The molecule has 0 aliphatic heterocycles. The number of sulfonamides is 1. The number of amides is 1. The van der Waals surface area contributed by atoms with Gasteiger partial charge in [0.05, 0.1) is 45.4 Å². The Morgan fingerprint density at radius 3 is 2.11 bits per heavy atom. The van der Waals surface area contributed by atoms with Crippen LogP contribution in [0.3, 0.4) is 0 Å². The summed E-state index contributed by atoms with van der Waals surface area (Å²) in [6, 6.07) is -0.785. The van der Waals surface area contributed by atoms with Crippen LogP contribution in [-0.4, -0.2) is 80.2 Å². The van der Waals surface area contributed by atoms with Gasteiger partial charge < -0.3 is 19.5 Å². The van der Waals surface area contributed by atoms with Crippen LogP contribution in [0.25, 0.3) is 0 Å². The number of hydrogen-bond donors (Lipinski definition) is 3. The Morgan fingerprint density at radius 2 is 1.57 bits per heavy atom. The molecule has 13 heteroatoms. The van der Waals surface area contributed by atoms with Crippen molar-refractivity contribution in [1.82, 2.24) is 14.2 Å². The summed E-state index contributed by atoms with van der Waals surface area (Å²) < 4.78 is 65.0. The molecule has 0 spiro atoms. The lowest BCUT2D eigenvalue weighted by molar-refractivity contribution is -0.117. The second-order valence-electron chi connectivity index (χ2n) is 6.29. The number of carbonyl (C=O) groups excluding carboxylic acids is 1. The zero-order chi connectivity index (χ0) is 21.8. The first-order valence-corrected chi connectivity index (χ1v) is 11.9. The van der Waals surface area contributed by atoms with Crippen molar-refractivity contribution in [3.05, 3.63) is 12.7 Å². The molecule has 0 aromatic rings. The van der Waals surface area contributed by atoms with Gasteiger partial charge in [-0.15, -0.1) is 0 Å². The molecule has 0 saturated heterocycles. The fourth-order valence-electron chi connectivity index (χ4n) is 1.85. The van der Waals surface area contributed by atoms with Gasteiger partial charge in [-0.1, -0.05) is 10.7 Å². The number of ether oxygens (including phenoxy) is 3. The van der Waals surface area contributed by atoms with Gasteiger partial charge in [-0.25, -0.2) is 8.42 Å². The van der Waals surface area contributed by atoms with E-state index in [1.807, 2.05) is 0 Å². The summed E-state index contributed by atoms with van der Waals surface area (Å²) in [7, 11) is -8.07. The molecule has 0 rings (SSSR count). The lowest BCUT2D eigenvalue weighted by Gasteiger charge is -2.18. The van der Waals surface area contributed by atoms with E-state index in [4.69, 9.17) is 14.2 Å². The van der Waals surface area contributed by atoms with E-state index in [0.717, 1.165) is 6.26 Å². The molecule has 0 aliphatic carbocycles. The largest absolute Gasteiger partial charge is 0.377 e. The zero-order valence-corrected chi connectivity index (χ0v) is 18.3. The van der Waals surface area contributed by atoms with Crippen molar-refractivity contribution in [1.29, 1.82) is 0 Å². The first-order chi connectivity index (χ1) is 12.8. The van der Waals surface area contributed by atoms with E-state index in [2.05, 4.69) is 16.6 Å². The third-order valence-corrected chi connectivity index (χ3v) is 5.72. The van der Waals surface area contributed by atoms with Gasteiger partial charge in [0.15, 0.2) is 0 Å². The summed E-state index contributed by atoms with van der Waals surface area (Å²) in [5.74, 6) is -0.262. The Hall–Kier alpha value is -1.09. The van der Waals surface area contributed by atoms with Crippen molar-refractivity contribution < 1.29 is 35.8 Å². The number of nitrogens with one attached hydrogen (secondary N) is 3. The van der Waals surface area contributed by atoms with Gasteiger partial charge in [0.1, 0.15) is 0 Å². The predicted molar refractivity (Wildman–Crippen MR) is 104 cm³/mol. The quantitative estimate of drug-likeness (QED) is 0.200. The third kappa shape index (κ3) is 15.9. The van der Waals surface area contributed by atoms with Gasteiger partial charge in [0.2, 0.25) is 15.9 Å². The highest BCUT2D eigenvalue weighted by Gasteiger charge is 2.19. The Balaban J connectivity index is 3.86. The van der Waals surface area contributed by atoms with Crippen LogP contribution < -0.4 is 14.2 Å².